The number of hydrogen-bond acceptors (Lipinski definition) is 3. The molecule has 1 aromatic heterocycles. The maximum atomic E-state index is 12.1. The van der Waals surface area contributed by atoms with Crippen LogP contribution >= 0.6 is 0 Å². The zero-order valence-corrected chi connectivity index (χ0v) is 9.77. The highest BCUT2D eigenvalue weighted by Crippen LogP contribution is 2.14. The van der Waals surface area contributed by atoms with E-state index in [2.05, 4.69) is 15.3 Å². The topological polar surface area (TPSA) is 78.1 Å². The van der Waals surface area contributed by atoms with E-state index in [1.165, 1.54) is 0 Å². The number of nitrogens with zero attached hydrogens (tertiary/aromatic N) is 2. The minimum absolute atomic E-state index is 0.0303. The molecule has 6 heteroatoms. The normalized spacial score (nSPS) is 19.8. The third-order valence-corrected chi connectivity index (χ3v) is 2.93. The van der Waals surface area contributed by atoms with Crippen LogP contribution in [0, 0.1) is 5.92 Å². The minimum atomic E-state index is -0.104. The van der Waals surface area contributed by atoms with Gasteiger partial charge in [-0.2, -0.15) is 0 Å². The Morgan fingerprint density at radius 3 is 3.06 bits per heavy atom. The first-order valence-corrected chi connectivity index (χ1v) is 5.66. The van der Waals surface area contributed by atoms with Crippen LogP contribution < -0.4 is 5.32 Å². The van der Waals surface area contributed by atoms with E-state index < -0.39 is 0 Å². The van der Waals surface area contributed by atoms with E-state index in [1.807, 2.05) is 0 Å². The lowest BCUT2D eigenvalue weighted by atomic mass is 9.98. The standard InChI is InChI=1S/C11H16N4O2/c1-15(7-9-12-4-5-13-9)11(17)8-2-3-10(16)14-6-8/h4-5,8H,2-3,6-7H2,1H3,(H,12,13)(H,14,16). The van der Waals surface area contributed by atoms with Crippen LogP contribution in [-0.4, -0.2) is 40.3 Å². The van der Waals surface area contributed by atoms with Crippen LogP contribution in [0.3, 0.4) is 0 Å². The number of aromatic amines is 1. The predicted octanol–water partition coefficient (Wildman–Crippen LogP) is -0.106. The minimum Gasteiger partial charge on any atom is -0.355 e. The number of carbonyl (C=O) groups is 2. The molecule has 6 nitrogen and oxygen atoms in total. The van der Waals surface area contributed by atoms with Crippen LogP contribution in [0.4, 0.5) is 0 Å². The van der Waals surface area contributed by atoms with Gasteiger partial charge >= 0.3 is 0 Å². The number of piperidine rings is 1. The second kappa shape index (κ2) is 4.99. The molecule has 1 aromatic rings. The van der Waals surface area contributed by atoms with Crippen molar-refractivity contribution in [2.45, 2.75) is 19.4 Å². The highest BCUT2D eigenvalue weighted by atomic mass is 16.2. The van der Waals surface area contributed by atoms with Gasteiger partial charge in [0, 0.05) is 32.4 Å². The van der Waals surface area contributed by atoms with Crippen LogP contribution in [0.25, 0.3) is 0 Å². The monoisotopic (exact) mass is 236 g/mol. The molecule has 17 heavy (non-hydrogen) atoms. The molecule has 0 aromatic carbocycles. The number of imidazole rings is 1. The van der Waals surface area contributed by atoms with Crippen molar-refractivity contribution < 1.29 is 9.59 Å². The van der Waals surface area contributed by atoms with Crippen molar-refractivity contribution in [2.75, 3.05) is 13.6 Å². The molecule has 1 aliphatic heterocycles. The van der Waals surface area contributed by atoms with Crippen molar-refractivity contribution in [1.82, 2.24) is 20.2 Å². The van der Waals surface area contributed by atoms with Crippen LogP contribution in [-0.2, 0) is 16.1 Å². The summed E-state index contributed by atoms with van der Waals surface area (Å²) in [7, 11) is 1.75. The zero-order chi connectivity index (χ0) is 12.3. The molecule has 0 radical (unpaired) electrons. The van der Waals surface area contributed by atoms with Gasteiger partial charge in [0.15, 0.2) is 0 Å². The molecule has 0 aliphatic carbocycles. The number of nitrogens with one attached hydrogen (secondary N) is 2. The zero-order valence-electron chi connectivity index (χ0n) is 9.77. The molecule has 2 heterocycles. The van der Waals surface area contributed by atoms with E-state index in [9.17, 15) is 9.59 Å². The molecule has 0 saturated carbocycles. The van der Waals surface area contributed by atoms with Crippen molar-refractivity contribution >= 4 is 11.8 Å². The van der Waals surface area contributed by atoms with Crippen molar-refractivity contribution in [2.24, 2.45) is 5.92 Å². The van der Waals surface area contributed by atoms with E-state index in [4.69, 9.17) is 0 Å². The highest BCUT2D eigenvalue weighted by molar-refractivity contribution is 5.83. The number of amides is 2. The Labute approximate surface area is 99.4 Å². The molecule has 1 aliphatic rings. The van der Waals surface area contributed by atoms with E-state index in [0.29, 0.717) is 25.9 Å². The fourth-order valence-electron chi connectivity index (χ4n) is 1.94. The van der Waals surface area contributed by atoms with E-state index in [-0.39, 0.29) is 17.7 Å². The van der Waals surface area contributed by atoms with Gasteiger partial charge in [-0.1, -0.05) is 0 Å². The summed E-state index contributed by atoms with van der Waals surface area (Å²) in [6.07, 6.45) is 4.46. The number of H-pyrrole nitrogens is 1. The molecule has 1 unspecified atom stereocenters. The van der Waals surface area contributed by atoms with Gasteiger partial charge in [-0.25, -0.2) is 4.98 Å². The average Bonchev–Trinajstić information content (AvgIpc) is 2.82. The summed E-state index contributed by atoms with van der Waals surface area (Å²) in [5.41, 5.74) is 0. The number of aromatic nitrogens is 2. The van der Waals surface area contributed by atoms with Gasteiger partial charge in [-0.05, 0) is 6.42 Å². The van der Waals surface area contributed by atoms with Gasteiger partial charge in [0.2, 0.25) is 11.8 Å². The molecule has 2 N–H and O–H groups in total. The third kappa shape index (κ3) is 2.83. The largest absolute Gasteiger partial charge is 0.355 e. The number of carbonyl (C=O) groups excluding carboxylic acids is 2. The Bertz CT molecular complexity index is 392. The summed E-state index contributed by atoms with van der Waals surface area (Å²) >= 11 is 0. The first kappa shape index (κ1) is 11.6. The molecule has 1 saturated heterocycles. The Kier molecular flexibility index (Phi) is 3.41. The maximum Gasteiger partial charge on any atom is 0.227 e. The first-order valence-electron chi connectivity index (χ1n) is 5.66. The molecule has 1 atom stereocenters. The second-order valence-electron chi connectivity index (χ2n) is 4.27. The number of hydrogen-bond donors (Lipinski definition) is 2. The fourth-order valence-corrected chi connectivity index (χ4v) is 1.94. The van der Waals surface area contributed by atoms with Gasteiger partial charge in [-0.15, -0.1) is 0 Å². The molecule has 92 valence electrons. The van der Waals surface area contributed by atoms with Crippen LogP contribution in [0.2, 0.25) is 0 Å². The summed E-state index contributed by atoms with van der Waals surface area (Å²) in [6.45, 7) is 0.913. The van der Waals surface area contributed by atoms with Crippen LogP contribution in [0.1, 0.15) is 18.7 Å². The molecule has 0 spiro atoms. The molecule has 1 fully saturated rings. The lowest BCUT2D eigenvalue weighted by Gasteiger charge is -2.26. The van der Waals surface area contributed by atoms with Crippen LogP contribution in [0.5, 0.6) is 0 Å². The quantitative estimate of drug-likeness (QED) is 0.769. The summed E-state index contributed by atoms with van der Waals surface area (Å²) in [5, 5.41) is 2.72. The highest BCUT2D eigenvalue weighted by Gasteiger charge is 2.26. The summed E-state index contributed by atoms with van der Waals surface area (Å²) in [5.74, 6) is 0.748. The average molecular weight is 236 g/mol. The predicted molar refractivity (Wildman–Crippen MR) is 60.8 cm³/mol. The van der Waals surface area contributed by atoms with Gasteiger partial charge < -0.3 is 15.2 Å². The summed E-state index contributed by atoms with van der Waals surface area (Å²) in [6, 6.07) is 0. The molecular weight excluding hydrogens is 220 g/mol. The van der Waals surface area contributed by atoms with Gasteiger partial charge in [0.25, 0.3) is 0 Å². The van der Waals surface area contributed by atoms with Crippen molar-refractivity contribution in [3.63, 3.8) is 0 Å². The van der Waals surface area contributed by atoms with Crippen molar-refractivity contribution in [3.8, 4) is 0 Å². The van der Waals surface area contributed by atoms with Gasteiger partial charge in [0.1, 0.15) is 5.82 Å². The molecule has 2 rings (SSSR count). The molecular formula is C11H16N4O2. The maximum absolute atomic E-state index is 12.1. The summed E-state index contributed by atoms with van der Waals surface area (Å²) < 4.78 is 0. The van der Waals surface area contributed by atoms with Gasteiger partial charge in [0.05, 0.1) is 12.5 Å². The second-order valence-corrected chi connectivity index (χ2v) is 4.27. The lowest BCUT2D eigenvalue weighted by molar-refractivity contribution is -0.136. The molecule has 2 amide bonds. The smallest absolute Gasteiger partial charge is 0.227 e. The fraction of sp³-hybridized carbons (Fsp3) is 0.545. The van der Waals surface area contributed by atoms with Crippen LogP contribution in [0.15, 0.2) is 12.4 Å². The Morgan fingerprint density at radius 1 is 1.65 bits per heavy atom. The van der Waals surface area contributed by atoms with Crippen molar-refractivity contribution in [3.05, 3.63) is 18.2 Å². The lowest BCUT2D eigenvalue weighted by Crippen LogP contribution is -2.43. The van der Waals surface area contributed by atoms with Gasteiger partial charge in [-0.3, -0.25) is 9.59 Å². The Hall–Kier alpha value is -1.85. The summed E-state index contributed by atoms with van der Waals surface area (Å²) in [4.78, 5) is 31.7. The number of rotatable bonds is 3. The van der Waals surface area contributed by atoms with Crippen molar-refractivity contribution in [1.29, 1.82) is 0 Å². The van der Waals surface area contributed by atoms with E-state index >= 15 is 0 Å². The Morgan fingerprint density at radius 2 is 2.47 bits per heavy atom. The SMILES string of the molecule is CN(Cc1ncc[nH]1)C(=O)C1CCC(=O)NC1. The third-order valence-electron chi connectivity index (χ3n) is 2.93. The molecule has 0 bridgehead atoms. The Balaban J connectivity index is 1.88. The van der Waals surface area contributed by atoms with E-state index in [0.717, 1.165) is 5.82 Å². The first-order chi connectivity index (χ1) is 8.16. The van der Waals surface area contributed by atoms with E-state index in [1.54, 1.807) is 24.3 Å².